The molecule has 140 valence electrons. The highest BCUT2D eigenvalue weighted by Crippen LogP contribution is 2.26. The molecule has 0 aliphatic heterocycles. The maximum Gasteiger partial charge on any atom is 0.422 e. The van der Waals surface area contributed by atoms with E-state index in [2.05, 4.69) is 10.6 Å². The van der Waals surface area contributed by atoms with Crippen molar-refractivity contribution in [2.24, 2.45) is 0 Å². The van der Waals surface area contributed by atoms with Crippen molar-refractivity contribution < 1.29 is 27.4 Å². The van der Waals surface area contributed by atoms with Crippen molar-refractivity contribution in [2.45, 2.75) is 13.1 Å². The monoisotopic (exact) mass is 368 g/mol. The summed E-state index contributed by atoms with van der Waals surface area (Å²) in [6, 6.07) is 13.1. The van der Waals surface area contributed by atoms with Crippen molar-refractivity contribution in [3.63, 3.8) is 0 Å². The summed E-state index contributed by atoms with van der Waals surface area (Å²) in [6.45, 7) is 0.736. The average Bonchev–Trinajstić information content (AvgIpc) is 2.60. The largest absolute Gasteiger partial charge is 0.492 e. The molecule has 0 spiro atoms. The number of carbonyl (C=O) groups is 1. The maximum atomic E-state index is 12.3. The summed E-state index contributed by atoms with van der Waals surface area (Å²) in [5.41, 5.74) is 0.813. The summed E-state index contributed by atoms with van der Waals surface area (Å²) in [4.78, 5) is 12.1. The van der Waals surface area contributed by atoms with Crippen LogP contribution in [0.3, 0.4) is 0 Å². The first-order valence-corrected chi connectivity index (χ1v) is 7.93. The molecular weight excluding hydrogens is 349 g/mol. The molecule has 0 radical (unpaired) electrons. The van der Waals surface area contributed by atoms with Gasteiger partial charge < -0.3 is 20.1 Å². The molecule has 0 heterocycles. The van der Waals surface area contributed by atoms with Gasteiger partial charge >= 0.3 is 6.18 Å². The first-order valence-electron chi connectivity index (χ1n) is 7.93. The number of benzene rings is 2. The summed E-state index contributed by atoms with van der Waals surface area (Å²) in [5, 5.41) is 5.47. The van der Waals surface area contributed by atoms with Crippen molar-refractivity contribution in [3.05, 3.63) is 48.5 Å². The van der Waals surface area contributed by atoms with E-state index in [0.717, 1.165) is 0 Å². The van der Waals surface area contributed by atoms with Gasteiger partial charge in [0.15, 0.2) is 6.61 Å². The van der Waals surface area contributed by atoms with Gasteiger partial charge in [-0.3, -0.25) is 4.79 Å². The maximum absolute atomic E-state index is 12.3. The lowest BCUT2D eigenvalue weighted by molar-refractivity contribution is -0.153. The van der Waals surface area contributed by atoms with Crippen LogP contribution in [0.2, 0.25) is 0 Å². The zero-order valence-corrected chi connectivity index (χ0v) is 14.1. The number of halogens is 3. The van der Waals surface area contributed by atoms with E-state index in [4.69, 9.17) is 9.47 Å². The third-order valence-electron chi connectivity index (χ3n) is 3.18. The van der Waals surface area contributed by atoms with Crippen LogP contribution < -0.4 is 20.1 Å². The Kier molecular flexibility index (Phi) is 6.71. The van der Waals surface area contributed by atoms with Crippen molar-refractivity contribution in [3.8, 4) is 11.5 Å². The van der Waals surface area contributed by atoms with Gasteiger partial charge in [0.2, 0.25) is 5.91 Å². The second kappa shape index (κ2) is 8.98. The van der Waals surface area contributed by atoms with Crippen molar-refractivity contribution in [2.75, 3.05) is 30.4 Å². The molecule has 0 aliphatic carbocycles. The second-order valence-corrected chi connectivity index (χ2v) is 5.23. The van der Waals surface area contributed by atoms with Gasteiger partial charge in [-0.25, -0.2) is 0 Å². The Hall–Kier alpha value is -2.90. The molecule has 0 fully saturated rings. The second-order valence-electron chi connectivity index (χ2n) is 5.23. The number of carbonyl (C=O) groups excluding carboxylic acids is 1. The molecule has 2 N–H and O–H groups in total. The topological polar surface area (TPSA) is 59.6 Å². The van der Waals surface area contributed by atoms with E-state index in [9.17, 15) is 18.0 Å². The highest BCUT2D eigenvalue weighted by molar-refractivity contribution is 5.95. The fourth-order valence-corrected chi connectivity index (χ4v) is 2.12. The number of ether oxygens (including phenoxy) is 2. The molecule has 8 heteroatoms. The number of para-hydroxylation sites is 4. The van der Waals surface area contributed by atoms with Crippen LogP contribution >= 0.6 is 0 Å². The first-order chi connectivity index (χ1) is 12.4. The fraction of sp³-hybridized carbons (Fsp3) is 0.278. The Labute approximate surface area is 149 Å². The van der Waals surface area contributed by atoms with Gasteiger partial charge in [-0.05, 0) is 31.2 Å². The minimum absolute atomic E-state index is 0.0207. The number of anilines is 2. The van der Waals surface area contributed by atoms with Crippen LogP contribution in [0.15, 0.2) is 48.5 Å². The fourth-order valence-electron chi connectivity index (χ4n) is 2.12. The zero-order chi connectivity index (χ0) is 19.0. The van der Waals surface area contributed by atoms with E-state index < -0.39 is 12.8 Å². The van der Waals surface area contributed by atoms with E-state index in [0.29, 0.717) is 23.7 Å². The van der Waals surface area contributed by atoms with Gasteiger partial charge in [0, 0.05) is 0 Å². The number of hydrogen-bond donors (Lipinski definition) is 2. The smallest absolute Gasteiger partial charge is 0.422 e. The predicted molar refractivity (Wildman–Crippen MR) is 92.7 cm³/mol. The number of hydrogen-bond acceptors (Lipinski definition) is 4. The lowest BCUT2D eigenvalue weighted by atomic mass is 10.2. The number of alkyl halides is 3. The molecule has 0 saturated heterocycles. The molecule has 1 amide bonds. The molecule has 0 atom stereocenters. The summed E-state index contributed by atoms with van der Waals surface area (Å²) in [6.07, 6.45) is -4.44. The summed E-state index contributed by atoms with van der Waals surface area (Å²) in [7, 11) is 0. The molecule has 0 aliphatic rings. The third kappa shape index (κ3) is 6.19. The Morgan fingerprint density at radius 1 is 0.962 bits per heavy atom. The van der Waals surface area contributed by atoms with Gasteiger partial charge in [-0.2, -0.15) is 13.2 Å². The zero-order valence-electron chi connectivity index (χ0n) is 14.1. The van der Waals surface area contributed by atoms with E-state index in [-0.39, 0.29) is 18.2 Å². The van der Waals surface area contributed by atoms with Gasteiger partial charge in [-0.15, -0.1) is 0 Å². The van der Waals surface area contributed by atoms with Crippen LogP contribution in [0, 0.1) is 0 Å². The summed E-state index contributed by atoms with van der Waals surface area (Å²) < 4.78 is 47.1. The third-order valence-corrected chi connectivity index (χ3v) is 3.18. The number of amides is 1. The molecule has 26 heavy (non-hydrogen) atoms. The lowest BCUT2D eigenvalue weighted by Gasteiger charge is -2.15. The Morgan fingerprint density at radius 2 is 1.54 bits per heavy atom. The molecule has 0 aromatic heterocycles. The quantitative estimate of drug-likeness (QED) is 0.737. The van der Waals surface area contributed by atoms with Crippen LogP contribution in [-0.2, 0) is 4.79 Å². The number of rotatable bonds is 8. The molecule has 0 saturated carbocycles. The van der Waals surface area contributed by atoms with E-state index in [1.54, 1.807) is 36.4 Å². The highest BCUT2D eigenvalue weighted by Gasteiger charge is 2.28. The predicted octanol–water partition coefficient (Wildman–Crippen LogP) is 4.08. The van der Waals surface area contributed by atoms with E-state index in [1.165, 1.54) is 12.1 Å². The summed E-state index contributed by atoms with van der Waals surface area (Å²) in [5.74, 6) is 0.187. The molecule has 0 bridgehead atoms. The van der Waals surface area contributed by atoms with Crippen molar-refractivity contribution in [1.29, 1.82) is 0 Å². The Bertz CT molecular complexity index is 736. The van der Waals surface area contributed by atoms with Crippen LogP contribution in [0.5, 0.6) is 11.5 Å². The van der Waals surface area contributed by atoms with Gasteiger partial charge in [0.25, 0.3) is 0 Å². The van der Waals surface area contributed by atoms with Gasteiger partial charge in [0.1, 0.15) is 11.5 Å². The van der Waals surface area contributed by atoms with Crippen molar-refractivity contribution in [1.82, 2.24) is 0 Å². The van der Waals surface area contributed by atoms with Gasteiger partial charge in [-0.1, -0.05) is 24.3 Å². The van der Waals surface area contributed by atoms with Crippen LogP contribution in [0.4, 0.5) is 24.5 Å². The van der Waals surface area contributed by atoms with Crippen LogP contribution in [0.25, 0.3) is 0 Å². The van der Waals surface area contributed by atoms with E-state index >= 15 is 0 Å². The Morgan fingerprint density at radius 3 is 2.15 bits per heavy atom. The molecule has 5 nitrogen and oxygen atoms in total. The minimum Gasteiger partial charge on any atom is -0.492 e. The molecule has 2 aromatic rings. The highest BCUT2D eigenvalue weighted by atomic mass is 19.4. The first kappa shape index (κ1) is 19.4. The normalized spacial score (nSPS) is 10.9. The van der Waals surface area contributed by atoms with Crippen molar-refractivity contribution >= 4 is 17.3 Å². The Balaban J connectivity index is 1.96. The molecule has 2 aromatic carbocycles. The van der Waals surface area contributed by atoms with Gasteiger partial charge in [0.05, 0.1) is 24.5 Å². The summed E-state index contributed by atoms with van der Waals surface area (Å²) >= 11 is 0. The van der Waals surface area contributed by atoms with Crippen LogP contribution in [-0.4, -0.2) is 31.8 Å². The molecule has 0 unspecified atom stereocenters. The van der Waals surface area contributed by atoms with Crippen LogP contribution in [0.1, 0.15) is 6.92 Å². The van der Waals surface area contributed by atoms with E-state index in [1.807, 2.05) is 6.92 Å². The average molecular weight is 368 g/mol. The SMILES string of the molecule is CCOc1ccccc1NC(=O)CNc1ccccc1OCC(F)(F)F. The standard InChI is InChI=1S/C18H19F3N2O3/c1-2-25-16-10-6-4-8-14(16)23-17(24)11-22-13-7-3-5-9-15(13)26-12-18(19,20)21/h3-10,22H,2,11-12H2,1H3,(H,23,24). The molecular formula is C18H19F3N2O3. The minimum atomic E-state index is -4.44. The number of nitrogens with one attached hydrogen (secondary N) is 2. The molecule has 2 rings (SSSR count). The lowest BCUT2D eigenvalue weighted by Crippen LogP contribution is -2.23.